The molecule has 0 fully saturated rings. The first-order valence-electron chi connectivity index (χ1n) is 8.98. The molecule has 0 amide bonds. The number of hydrogen-bond acceptors (Lipinski definition) is 5. The summed E-state index contributed by atoms with van der Waals surface area (Å²) >= 11 is 7.86. The van der Waals surface area contributed by atoms with Crippen LogP contribution >= 0.6 is 34.2 Å². The minimum Gasteiger partial charge on any atom is -0.465 e. The Balaban J connectivity index is 0.000000311. The molecule has 4 N–H and O–H groups in total. The molecule has 0 radical (unpaired) electrons. The summed E-state index contributed by atoms with van der Waals surface area (Å²) in [5.41, 5.74) is 19.8. The van der Waals surface area contributed by atoms with Crippen molar-refractivity contribution in [1.82, 2.24) is 0 Å². The summed E-state index contributed by atoms with van der Waals surface area (Å²) < 4.78 is 5.21. The lowest BCUT2D eigenvalue weighted by molar-refractivity contribution is 0.0601. The first kappa shape index (κ1) is 25.8. The number of methoxy groups -OCH3 is 1. The van der Waals surface area contributed by atoms with Gasteiger partial charge in [-0.3, -0.25) is 0 Å². The van der Waals surface area contributed by atoms with Gasteiger partial charge in [-0.15, -0.1) is 5.54 Å². The van der Waals surface area contributed by atoms with Crippen molar-refractivity contribution in [2.45, 2.75) is 33.5 Å². The largest absolute Gasteiger partial charge is 0.465 e. The molecule has 0 spiro atoms. The summed E-state index contributed by atoms with van der Waals surface area (Å²) in [7, 11) is -0.123. The molecule has 8 heteroatoms. The fourth-order valence-corrected chi connectivity index (χ4v) is 3.52. The minimum atomic E-state index is -1.43. The highest BCUT2D eigenvalue weighted by Gasteiger charge is 2.14. The number of nitrogens with two attached hydrogens (primary N) is 2. The molecular weight excluding hydrogens is 529 g/mol. The van der Waals surface area contributed by atoms with Gasteiger partial charge in [0.25, 0.3) is 0 Å². The smallest absolute Gasteiger partial charge is 0.339 e. The van der Waals surface area contributed by atoms with Gasteiger partial charge >= 0.3 is 5.97 Å². The first-order valence-corrected chi connectivity index (χ1v) is 13.9. The van der Waals surface area contributed by atoms with Gasteiger partial charge in [0.2, 0.25) is 0 Å². The van der Waals surface area contributed by atoms with Crippen LogP contribution in [0.1, 0.15) is 32.6 Å². The maximum absolute atomic E-state index is 11.1. The number of benzene rings is 2. The Morgan fingerprint density at radius 1 is 1.23 bits per heavy atom. The summed E-state index contributed by atoms with van der Waals surface area (Å²) in [6, 6.07) is 7.18. The Hall–Kier alpha value is -2.20. The third kappa shape index (κ3) is 6.66. The van der Waals surface area contributed by atoms with Gasteiger partial charge in [0, 0.05) is 5.69 Å². The molecule has 0 heterocycles. The molecule has 5 nitrogen and oxygen atoms in total. The molecule has 0 aliphatic rings. The normalized spacial score (nSPS) is 10.1. The van der Waals surface area contributed by atoms with Crippen molar-refractivity contribution in [1.29, 1.82) is 5.26 Å². The Labute approximate surface area is 197 Å². The van der Waals surface area contributed by atoms with Crippen LogP contribution in [-0.2, 0) is 4.74 Å². The third-order valence-electron chi connectivity index (χ3n) is 4.03. The number of halogens is 2. The van der Waals surface area contributed by atoms with Crippen LogP contribution in [0.4, 0.5) is 11.4 Å². The lowest BCUT2D eigenvalue weighted by Gasteiger charge is -2.10. The van der Waals surface area contributed by atoms with Gasteiger partial charge in [0.15, 0.2) is 0 Å². The van der Waals surface area contributed by atoms with E-state index in [-0.39, 0.29) is 0 Å². The zero-order valence-electron chi connectivity index (χ0n) is 17.9. The van der Waals surface area contributed by atoms with E-state index in [1.54, 1.807) is 12.1 Å². The van der Waals surface area contributed by atoms with Crippen molar-refractivity contribution in [3.8, 4) is 17.5 Å². The molecule has 0 aliphatic carbocycles. The Morgan fingerprint density at radius 3 is 2.33 bits per heavy atom. The number of aryl methyl sites for hydroxylation is 1. The molecular formula is C22H25ClIN3O2Si. The van der Waals surface area contributed by atoms with E-state index in [4.69, 9.17) is 28.3 Å². The molecule has 0 aliphatic heterocycles. The van der Waals surface area contributed by atoms with Gasteiger partial charge in [-0.25, -0.2) is 4.79 Å². The highest BCUT2D eigenvalue weighted by Crippen LogP contribution is 2.28. The van der Waals surface area contributed by atoms with Gasteiger partial charge in [0.1, 0.15) is 8.07 Å². The van der Waals surface area contributed by atoms with Crippen molar-refractivity contribution in [3.63, 3.8) is 0 Å². The SMILES string of the molecule is COC(=O)c1ccc(N)c(I)c1Cl.Cc1cc(C#N)c(C)c(C#C[Si](C)(C)C)c1N. The fourth-order valence-electron chi connectivity index (χ4n) is 2.30. The van der Waals surface area contributed by atoms with Crippen molar-refractivity contribution >= 4 is 59.6 Å². The molecule has 0 saturated carbocycles. The number of nitriles is 1. The zero-order valence-corrected chi connectivity index (χ0v) is 21.8. The van der Waals surface area contributed by atoms with Gasteiger partial charge in [0.05, 0.1) is 44.1 Å². The van der Waals surface area contributed by atoms with Gasteiger partial charge in [-0.05, 0) is 65.8 Å². The van der Waals surface area contributed by atoms with Crippen LogP contribution < -0.4 is 11.5 Å². The number of carbonyl (C=O) groups is 1. The van der Waals surface area contributed by atoms with E-state index in [0.29, 0.717) is 31.1 Å². The van der Waals surface area contributed by atoms with Crippen LogP contribution in [0, 0.1) is 40.2 Å². The summed E-state index contributed by atoms with van der Waals surface area (Å²) in [6.45, 7) is 10.4. The Kier molecular flexibility index (Phi) is 9.23. The van der Waals surface area contributed by atoms with E-state index in [1.807, 2.05) is 42.5 Å². The van der Waals surface area contributed by atoms with E-state index in [0.717, 1.165) is 16.7 Å². The molecule has 2 aromatic rings. The third-order valence-corrected chi connectivity index (χ3v) is 6.78. The summed E-state index contributed by atoms with van der Waals surface area (Å²) in [5, 5.41) is 9.40. The quantitative estimate of drug-likeness (QED) is 0.164. The van der Waals surface area contributed by atoms with Crippen molar-refractivity contribution in [2.75, 3.05) is 18.6 Å². The summed E-state index contributed by atoms with van der Waals surface area (Å²) in [4.78, 5) is 11.1. The number of nitrogen functional groups attached to an aromatic ring is 2. The molecule has 0 atom stereocenters. The van der Waals surface area contributed by atoms with E-state index in [1.165, 1.54) is 7.11 Å². The first-order chi connectivity index (χ1) is 13.8. The van der Waals surface area contributed by atoms with Gasteiger partial charge < -0.3 is 16.2 Å². The predicted molar refractivity (Wildman–Crippen MR) is 135 cm³/mol. The summed E-state index contributed by atoms with van der Waals surface area (Å²) in [5.74, 6) is 2.72. The number of nitrogens with zero attached hydrogens (tertiary/aromatic N) is 1. The number of hydrogen-bond donors (Lipinski definition) is 2. The van der Waals surface area contributed by atoms with E-state index >= 15 is 0 Å². The van der Waals surface area contributed by atoms with Crippen LogP contribution in [-0.4, -0.2) is 21.2 Å². The molecule has 2 aromatic carbocycles. The number of esters is 1. The molecule has 0 bridgehead atoms. The second-order valence-corrected chi connectivity index (χ2v) is 13.8. The molecule has 0 aromatic heterocycles. The second-order valence-electron chi connectivity index (χ2n) is 7.59. The van der Waals surface area contributed by atoms with E-state index < -0.39 is 14.0 Å². The lowest BCUT2D eigenvalue weighted by Crippen LogP contribution is -2.16. The number of rotatable bonds is 1. The standard InChI is InChI=1S/C14H18N2Si.C8H7ClINO2/c1-10-8-12(9-15)11(2)13(14(10)16)6-7-17(3,4)5;1-13-8(12)4-2-3-5(11)7(10)6(4)9/h8H,16H2,1-5H3;2-3H,11H2,1H3. The highest BCUT2D eigenvalue weighted by atomic mass is 127. The van der Waals surface area contributed by atoms with Crippen LogP contribution in [0.3, 0.4) is 0 Å². The Bertz CT molecular complexity index is 1080. The average Bonchev–Trinajstić information content (AvgIpc) is 2.68. The van der Waals surface area contributed by atoms with Crippen LogP contribution in [0.5, 0.6) is 0 Å². The van der Waals surface area contributed by atoms with Gasteiger partial charge in [-0.1, -0.05) is 37.2 Å². The summed E-state index contributed by atoms with van der Waals surface area (Å²) in [6.07, 6.45) is 0. The average molecular weight is 554 g/mol. The van der Waals surface area contributed by atoms with Crippen LogP contribution in [0.25, 0.3) is 0 Å². The number of ether oxygens (including phenoxy) is 1. The number of anilines is 2. The van der Waals surface area contributed by atoms with Crippen molar-refractivity contribution in [2.24, 2.45) is 0 Å². The maximum atomic E-state index is 11.1. The highest BCUT2D eigenvalue weighted by molar-refractivity contribution is 14.1. The van der Waals surface area contributed by atoms with Crippen LogP contribution in [0.2, 0.25) is 24.7 Å². The second kappa shape index (κ2) is 10.7. The minimum absolute atomic E-state index is 0.336. The maximum Gasteiger partial charge on any atom is 0.339 e. The zero-order chi connectivity index (χ0) is 23.2. The van der Waals surface area contributed by atoms with Crippen molar-refractivity contribution in [3.05, 3.63) is 54.6 Å². The van der Waals surface area contributed by atoms with E-state index in [2.05, 4.69) is 41.9 Å². The number of carbonyl (C=O) groups excluding carboxylic acids is 1. The predicted octanol–water partition coefficient (Wildman–Crippen LogP) is 5.30. The van der Waals surface area contributed by atoms with Crippen LogP contribution in [0.15, 0.2) is 18.2 Å². The molecule has 0 saturated heterocycles. The lowest BCUT2D eigenvalue weighted by atomic mass is 9.98. The fraction of sp³-hybridized carbons (Fsp3) is 0.273. The molecule has 0 unspecified atom stereocenters. The molecule has 30 heavy (non-hydrogen) atoms. The monoisotopic (exact) mass is 553 g/mol. The Morgan fingerprint density at radius 2 is 1.83 bits per heavy atom. The molecule has 2 rings (SSSR count). The van der Waals surface area contributed by atoms with Gasteiger partial charge in [-0.2, -0.15) is 5.26 Å². The topological polar surface area (TPSA) is 102 Å². The van der Waals surface area contributed by atoms with Crippen molar-refractivity contribution < 1.29 is 9.53 Å². The molecule has 158 valence electrons. The van der Waals surface area contributed by atoms with E-state index in [9.17, 15) is 4.79 Å².